The average Bonchev–Trinajstić information content (AvgIpc) is 2.32. The molecule has 20 heavy (non-hydrogen) atoms. The Labute approximate surface area is 120 Å². The lowest BCUT2D eigenvalue weighted by molar-refractivity contribution is -0.223. The predicted octanol–water partition coefficient (Wildman–Crippen LogP) is 0.0613. The molecule has 6 heteroatoms. The summed E-state index contributed by atoms with van der Waals surface area (Å²) in [6, 6.07) is -0.437. The molecular weight excluding hydrogens is 262 g/mol. The van der Waals surface area contributed by atoms with Gasteiger partial charge in [-0.05, 0) is 19.8 Å². The maximum Gasteiger partial charge on any atom is 0.217 e. The van der Waals surface area contributed by atoms with Gasteiger partial charge in [-0.1, -0.05) is 13.8 Å². The van der Waals surface area contributed by atoms with Gasteiger partial charge in [0.25, 0.3) is 0 Å². The molecule has 5 unspecified atom stereocenters. The highest BCUT2D eigenvalue weighted by Gasteiger charge is 2.47. The normalized spacial score (nSPS) is 34.5. The summed E-state index contributed by atoms with van der Waals surface area (Å²) < 4.78 is 11.5. The van der Waals surface area contributed by atoms with Gasteiger partial charge in [0.05, 0.1) is 24.9 Å². The Kier molecular flexibility index (Phi) is 6.39. The van der Waals surface area contributed by atoms with Crippen LogP contribution in [0, 0.1) is 5.92 Å². The van der Waals surface area contributed by atoms with E-state index in [9.17, 15) is 15.0 Å². The second-order valence-electron chi connectivity index (χ2n) is 5.93. The number of carbonyl (C=O) groups is 1. The highest BCUT2D eigenvalue weighted by atomic mass is 16.6. The minimum Gasteiger partial charge on any atom is -0.394 e. The molecular formula is C14H27NO5. The van der Waals surface area contributed by atoms with E-state index < -0.39 is 24.4 Å². The molecule has 0 aliphatic carbocycles. The fourth-order valence-electron chi connectivity index (χ4n) is 2.58. The van der Waals surface area contributed by atoms with E-state index in [0.29, 0.717) is 0 Å². The maximum absolute atomic E-state index is 11.4. The van der Waals surface area contributed by atoms with Crippen molar-refractivity contribution < 1.29 is 24.5 Å². The third kappa shape index (κ3) is 4.15. The standard InChI is InChI=1S/C14H27NO5/c1-7(2)13-11(15-9(5)17)14(19-8(3)4)12(18)10(6-16)20-13/h7-8,10-14,16,18H,6H2,1-5H3,(H,15,17). The Hall–Kier alpha value is -0.690. The molecule has 6 nitrogen and oxygen atoms in total. The topological polar surface area (TPSA) is 88.0 Å². The number of aliphatic hydroxyl groups excluding tert-OH is 2. The lowest BCUT2D eigenvalue weighted by atomic mass is 9.87. The fourth-order valence-corrected chi connectivity index (χ4v) is 2.58. The van der Waals surface area contributed by atoms with Crippen LogP contribution in [-0.4, -0.2) is 59.3 Å². The van der Waals surface area contributed by atoms with E-state index in [1.165, 1.54) is 6.92 Å². The molecule has 1 aliphatic heterocycles. The van der Waals surface area contributed by atoms with Crippen LogP contribution in [-0.2, 0) is 14.3 Å². The predicted molar refractivity (Wildman–Crippen MR) is 74.2 cm³/mol. The largest absolute Gasteiger partial charge is 0.394 e. The molecule has 1 aliphatic rings. The number of carbonyl (C=O) groups excluding carboxylic acids is 1. The van der Waals surface area contributed by atoms with Gasteiger partial charge in [0.2, 0.25) is 5.91 Å². The Morgan fingerprint density at radius 2 is 1.95 bits per heavy atom. The SMILES string of the molecule is CC(=O)NC1C(C(C)C)OC(CO)C(O)C1OC(C)C. The van der Waals surface area contributed by atoms with Crippen molar-refractivity contribution in [1.29, 1.82) is 0 Å². The van der Waals surface area contributed by atoms with Crippen LogP contribution in [0.15, 0.2) is 0 Å². The number of hydrogen-bond donors (Lipinski definition) is 3. The van der Waals surface area contributed by atoms with Gasteiger partial charge in [0, 0.05) is 6.92 Å². The van der Waals surface area contributed by atoms with Crippen molar-refractivity contribution in [2.24, 2.45) is 5.92 Å². The molecule has 1 fully saturated rings. The number of aliphatic hydroxyl groups is 2. The van der Waals surface area contributed by atoms with Gasteiger partial charge in [0.15, 0.2) is 0 Å². The number of ether oxygens (including phenoxy) is 2. The van der Waals surface area contributed by atoms with Crippen LogP contribution in [0.3, 0.4) is 0 Å². The van der Waals surface area contributed by atoms with Crippen molar-refractivity contribution >= 4 is 5.91 Å². The van der Waals surface area contributed by atoms with Gasteiger partial charge >= 0.3 is 0 Å². The van der Waals surface area contributed by atoms with Gasteiger partial charge in [-0.25, -0.2) is 0 Å². The van der Waals surface area contributed by atoms with E-state index in [0.717, 1.165) is 0 Å². The lowest BCUT2D eigenvalue weighted by Crippen LogP contribution is -2.66. The third-order valence-corrected chi connectivity index (χ3v) is 3.39. The summed E-state index contributed by atoms with van der Waals surface area (Å²) in [6.45, 7) is 8.82. The van der Waals surface area contributed by atoms with E-state index in [-0.39, 0.29) is 30.6 Å². The zero-order valence-corrected chi connectivity index (χ0v) is 12.9. The van der Waals surface area contributed by atoms with Gasteiger partial charge in [-0.2, -0.15) is 0 Å². The molecule has 1 heterocycles. The summed E-state index contributed by atoms with van der Waals surface area (Å²) in [4.78, 5) is 11.4. The Morgan fingerprint density at radius 1 is 1.35 bits per heavy atom. The first kappa shape index (κ1) is 17.4. The van der Waals surface area contributed by atoms with Crippen molar-refractivity contribution in [1.82, 2.24) is 5.32 Å². The summed E-state index contributed by atoms with van der Waals surface area (Å²) in [5, 5.41) is 22.5. The van der Waals surface area contributed by atoms with E-state index in [1.54, 1.807) is 0 Å². The molecule has 3 N–H and O–H groups in total. The van der Waals surface area contributed by atoms with Crippen LogP contribution in [0.4, 0.5) is 0 Å². The molecule has 5 atom stereocenters. The number of amides is 1. The van der Waals surface area contributed by atoms with Gasteiger partial charge in [-0.15, -0.1) is 0 Å². The Balaban J connectivity index is 3.02. The highest BCUT2D eigenvalue weighted by molar-refractivity contribution is 5.73. The molecule has 1 amide bonds. The van der Waals surface area contributed by atoms with E-state index >= 15 is 0 Å². The number of nitrogens with one attached hydrogen (secondary N) is 1. The molecule has 0 bridgehead atoms. The van der Waals surface area contributed by atoms with Crippen LogP contribution in [0.1, 0.15) is 34.6 Å². The molecule has 0 spiro atoms. The van der Waals surface area contributed by atoms with E-state index in [4.69, 9.17) is 9.47 Å². The smallest absolute Gasteiger partial charge is 0.217 e. The van der Waals surface area contributed by atoms with Crippen molar-refractivity contribution in [2.75, 3.05) is 6.61 Å². The Morgan fingerprint density at radius 3 is 2.35 bits per heavy atom. The van der Waals surface area contributed by atoms with Crippen molar-refractivity contribution in [3.63, 3.8) is 0 Å². The van der Waals surface area contributed by atoms with Crippen molar-refractivity contribution in [2.45, 2.75) is 71.2 Å². The summed E-state index contributed by atoms with van der Waals surface area (Å²) in [7, 11) is 0. The van der Waals surface area contributed by atoms with Crippen LogP contribution in [0.5, 0.6) is 0 Å². The van der Waals surface area contributed by atoms with Gasteiger partial charge in [-0.3, -0.25) is 4.79 Å². The van der Waals surface area contributed by atoms with Gasteiger partial charge < -0.3 is 25.0 Å². The number of rotatable bonds is 5. The molecule has 0 aromatic carbocycles. The van der Waals surface area contributed by atoms with Crippen LogP contribution < -0.4 is 5.32 Å². The zero-order valence-electron chi connectivity index (χ0n) is 12.9. The molecule has 1 saturated heterocycles. The molecule has 0 radical (unpaired) electrons. The molecule has 0 aromatic heterocycles. The summed E-state index contributed by atoms with van der Waals surface area (Å²) in [5.74, 6) is -0.0806. The second kappa shape index (κ2) is 7.36. The van der Waals surface area contributed by atoms with Crippen molar-refractivity contribution in [3.05, 3.63) is 0 Å². The first-order valence-corrected chi connectivity index (χ1v) is 7.14. The fraction of sp³-hybridized carbons (Fsp3) is 0.929. The highest BCUT2D eigenvalue weighted by Crippen LogP contribution is 2.28. The zero-order chi connectivity index (χ0) is 15.4. The van der Waals surface area contributed by atoms with Crippen LogP contribution >= 0.6 is 0 Å². The Bertz CT molecular complexity index is 321. The van der Waals surface area contributed by atoms with Crippen LogP contribution in [0.25, 0.3) is 0 Å². The van der Waals surface area contributed by atoms with Crippen LogP contribution in [0.2, 0.25) is 0 Å². The molecule has 0 aromatic rings. The second-order valence-corrected chi connectivity index (χ2v) is 5.93. The molecule has 118 valence electrons. The average molecular weight is 289 g/mol. The summed E-state index contributed by atoms with van der Waals surface area (Å²) >= 11 is 0. The lowest BCUT2D eigenvalue weighted by Gasteiger charge is -2.46. The summed E-state index contributed by atoms with van der Waals surface area (Å²) in [6.07, 6.45) is -2.69. The molecule has 1 rings (SSSR count). The van der Waals surface area contributed by atoms with E-state index in [1.807, 2.05) is 27.7 Å². The maximum atomic E-state index is 11.4. The van der Waals surface area contributed by atoms with Gasteiger partial charge in [0.1, 0.15) is 18.3 Å². The minimum atomic E-state index is -0.978. The summed E-state index contributed by atoms with van der Waals surface area (Å²) in [5.41, 5.74) is 0. The first-order chi connectivity index (χ1) is 9.27. The molecule has 0 saturated carbocycles. The first-order valence-electron chi connectivity index (χ1n) is 7.14. The van der Waals surface area contributed by atoms with Crippen molar-refractivity contribution in [3.8, 4) is 0 Å². The quantitative estimate of drug-likeness (QED) is 0.666. The third-order valence-electron chi connectivity index (χ3n) is 3.39. The minimum absolute atomic E-state index is 0.101. The monoisotopic (exact) mass is 289 g/mol. The van der Waals surface area contributed by atoms with E-state index in [2.05, 4.69) is 5.32 Å². The number of hydrogen-bond acceptors (Lipinski definition) is 5.